The van der Waals surface area contributed by atoms with Crippen molar-refractivity contribution in [2.75, 3.05) is 5.73 Å². The molecule has 0 fully saturated rings. The lowest BCUT2D eigenvalue weighted by Gasteiger charge is -2.08. The van der Waals surface area contributed by atoms with Crippen molar-refractivity contribution in [1.82, 2.24) is 15.0 Å². The van der Waals surface area contributed by atoms with Crippen molar-refractivity contribution in [3.8, 4) is 6.01 Å². The zero-order valence-electron chi connectivity index (χ0n) is 10.5. The van der Waals surface area contributed by atoms with E-state index in [1.54, 1.807) is 6.07 Å². The van der Waals surface area contributed by atoms with E-state index in [0.29, 0.717) is 10.2 Å². The van der Waals surface area contributed by atoms with E-state index >= 15 is 0 Å². The third kappa shape index (κ3) is 4.25. The van der Waals surface area contributed by atoms with Crippen LogP contribution in [0.1, 0.15) is 13.8 Å². The molecular formula is C12H13ClN4OS. The average molecular weight is 297 g/mol. The lowest BCUT2D eigenvalue weighted by molar-refractivity contribution is 0.219. The van der Waals surface area contributed by atoms with Crippen LogP contribution in [0.2, 0.25) is 5.02 Å². The predicted octanol–water partition coefficient (Wildman–Crippen LogP) is 3.05. The molecule has 1 heterocycles. The van der Waals surface area contributed by atoms with Gasteiger partial charge in [0.1, 0.15) is 0 Å². The summed E-state index contributed by atoms with van der Waals surface area (Å²) in [5.41, 5.74) is 5.64. The standard InChI is InChI=1S/C12H13ClN4OS/c1-7(2)18-11-15-10(14)16-12(17-11)19-9-5-3-4-8(13)6-9/h3-7H,1-2H3,(H2,14,15,16,17). The zero-order valence-corrected chi connectivity index (χ0v) is 12.1. The highest BCUT2D eigenvalue weighted by Crippen LogP contribution is 2.27. The number of rotatable bonds is 4. The van der Waals surface area contributed by atoms with Crippen LogP contribution in [0.15, 0.2) is 34.3 Å². The predicted molar refractivity (Wildman–Crippen MR) is 75.6 cm³/mol. The number of nitrogen functional groups attached to an aromatic ring is 1. The zero-order chi connectivity index (χ0) is 13.8. The number of ether oxygens (including phenoxy) is 1. The van der Waals surface area contributed by atoms with Crippen LogP contribution < -0.4 is 10.5 Å². The number of halogens is 1. The highest BCUT2D eigenvalue weighted by Gasteiger charge is 2.08. The molecule has 7 heteroatoms. The lowest BCUT2D eigenvalue weighted by Crippen LogP contribution is -2.10. The molecule has 0 atom stereocenters. The number of anilines is 1. The Morgan fingerprint density at radius 1 is 1.26 bits per heavy atom. The molecule has 0 unspecified atom stereocenters. The minimum atomic E-state index is -0.0224. The number of hydrogen-bond acceptors (Lipinski definition) is 6. The maximum Gasteiger partial charge on any atom is 0.322 e. The SMILES string of the molecule is CC(C)Oc1nc(N)nc(Sc2cccc(Cl)c2)n1. The van der Waals surface area contributed by atoms with E-state index in [-0.39, 0.29) is 18.1 Å². The maximum absolute atomic E-state index is 5.93. The highest BCUT2D eigenvalue weighted by molar-refractivity contribution is 7.99. The van der Waals surface area contributed by atoms with Gasteiger partial charge in [-0.1, -0.05) is 17.7 Å². The molecule has 5 nitrogen and oxygen atoms in total. The third-order valence-electron chi connectivity index (χ3n) is 1.96. The molecular weight excluding hydrogens is 284 g/mol. The van der Waals surface area contributed by atoms with Crippen molar-refractivity contribution in [3.05, 3.63) is 29.3 Å². The van der Waals surface area contributed by atoms with Crippen molar-refractivity contribution in [2.45, 2.75) is 30.0 Å². The van der Waals surface area contributed by atoms with E-state index in [1.165, 1.54) is 11.8 Å². The van der Waals surface area contributed by atoms with Crippen molar-refractivity contribution in [3.63, 3.8) is 0 Å². The third-order valence-corrected chi connectivity index (χ3v) is 3.05. The summed E-state index contributed by atoms with van der Waals surface area (Å²) < 4.78 is 5.42. The van der Waals surface area contributed by atoms with Crippen LogP contribution in [0.4, 0.5) is 5.95 Å². The Morgan fingerprint density at radius 2 is 2.05 bits per heavy atom. The van der Waals surface area contributed by atoms with Gasteiger partial charge < -0.3 is 10.5 Å². The quantitative estimate of drug-likeness (QED) is 0.935. The first-order valence-corrected chi connectivity index (χ1v) is 6.84. The first-order valence-electron chi connectivity index (χ1n) is 5.64. The molecule has 0 amide bonds. The van der Waals surface area contributed by atoms with Crippen LogP contribution >= 0.6 is 23.4 Å². The van der Waals surface area contributed by atoms with Crippen molar-refractivity contribution in [2.24, 2.45) is 0 Å². The van der Waals surface area contributed by atoms with Crippen LogP contribution in [-0.4, -0.2) is 21.1 Å². The largest absolute Gasteiger partial charge is 0.461 e. The summed E-state index contributed by atoms with van der Waals surface area (Å²) in [7, 11) is 0. The average Bonchev–Trinajstić information content (AvgIpc) is 2.26. The second kappa shape index (κ2) is 6.08. The molecule has 0 bridgehead atoms. The number of aromatic nitrogens is 3. The Labute approximate surface area is 120 Å². The Bertz CT molecular complexity index is 579. The summed E-state index contributed by atoms with van der Waals surface area (Å²) in [6, 6.07) is 7.64. The van der Waals surface area contributed by atoms with E-state index in [9.17, 15) is 0 Å². The van der Waals surface area contributed by atoms with Gasteiger partial charge in [-0.25, -0.2) is 0 Å². The van der Waals surface area contributed by atoms with E-state index in [0.717, 1.165) is 4.90 Å². The van der Waals surface area contributed by atoms with Gasteiger partial charge in [-0.15, -0.1) is 0 Å². The Kier molecular flexibility index (Phi) is 4.44. The van der Waals surface area contributed by atoms with E-state index in [2.05, 4.69) is 15.0 Å². The van der Waals surface area contributed by atoms with E-state index in [4.69, 9.17) is 22.1 Å². The molecule has 0 saturated carbocycles. The molecule has 0 spiro atoms. The molecule has 19 heavy (non-hydrogen) atoms. The Morgan fingerprint density at radius 3 is 2.74 bits per heavy atom. The Balaban J connectivity index is 2.22. The molecule has 0 radical (unpaired) electrons. The van der Waals surface area contributed by atoms with Gasteiger partial charge in [0.05, 0.1) is 6.10 Å². The van der Waals surface area contributed by atoms with Crippen LogP contribution in [0.25, 0.3) is 0 Å². The fraction of sp³-hybridized carbons (Fsp3) is 0.250. The van der Waals surface area contributed by atoms with Crippen LogP contribution in [-0.2, 0) is 0 Å². The van der Waals surface area contributed by atoms with Gasteiger partial charge in [0, 0.05) is 9.92 Å². The first-order chi connectivity index (χ1) is 9.02. The molecule has 0 aliphatic heterocycles. The van der Waals surface area contributed by atoms with Crippen LogP contribution in [0.3, 0.4) is 0 Å². The number of nitrogens with two attached hydrogens (primary N) is 1. The summed E-state index contributed by atoms with van der Waals surface area (Å²) >= 11 is 7.28. The summed E-state index contributed by atoms with van der Waals surface area (Å²) in [4.78, 5) is 13.1. The maximum atomic E-state index is 5.93. The topological polar surface area (TPSA) is 73.9 Å². The van der Waals surface area contributed by atoms with Gasteiger partial charge in [-0.05, 0) is 43.8 Å². The summed E-state index contributed by atoms with van der Waals surface area (Å²) in [5, 5.41) is 1.14. The first kappa shape index (κ1) is 13.9. The van der Waals surface area contributed by atoms with Gasteiger partial charge in [0.2, 0.25) is 11.1 Å². The molecule has 2 rings (SSSR count). The minimum absolute atomic E-state index is 0.0224. The van der Waals surface area contributed by atoms with Gasteiger partial charge in [0.25, 0.3) is 0 Å². The van der Waals surface area contributed by atoms with Crippen molar-refractivity contribution < 1.29 is 4.74 Å². The fourth-order valence-corrected chi connectivity index (χ4v) is 2.36. The minimum Gasteiger partial charge on any atom is -0.461 e. The van der Waals surface area contributed by atoms with Crippen LogP contribution in [0, 0.1) is 0 Å². The van der Waals surface area contributed by atoms with Crippen molar-refractivity contribution in [1.29, 1.82) is 0 Å². The normalized spacial score (nSPS) is 10.7. The van der Waals surface area contributed by atoms with Gasteiger partial charge in [-0.3, -0.25) is 0 Å². The molecule has 2 aromatic rings. The fourth-order valence-electron chi connectivity index (χ4n) is 1.30. The molecule has 0 aliphatic carbocycles. The van der Waals surface area contributed by atoms with Crippen molar-refractivity contribution >= 4 is 29.3 Å². The number of hydrogen-bond donors (Lipinski definition) is 1. The molecule has 0 aliphatic rings. The summed E-state index contributed by atoms with van der Waals surface area (Å²) in [6.45, 7) is 3.79. The summed E-state index contributed by atoms with van der Waals surface area (Å²) in [5.74, 6) is 0.134. The Hall–Kier alpha value is -1.53. The monoisotopic (exact) mass is 296 g/mol. The van der Waals surface area contributed by atoms with E-state index in [1.807, 2.05) is 32.0 Å². The second-order valence-electron chi connectivity index (χ2n) is 3.98. The number of benzene rings is 1. The summed E-state index contributed by atoms with van der Waals surface area (Å²) in [6.07, 6.45) is -0.0224. The van der Waals surface area contributed by atoms with Gasteiger partial charge in [0.15, 0.2) is 0 Å². The molecule has 100 valence electrons. The molecule has 2 N–H and O–H groups in total. The number of nitrogens with zero attached hydrogens (tertiary/aromatic N) is 3. The smallest absolute Gasteiger partial charge is 0.322 e. The van der Waals surface area contributed by atoms with E-state index < -0.39 is 0 Å². The van der Waals surface area contributed by atoms with Crippen LogP contribution in [0.5, 0.6) is 6.01 Å². The molecule has 1 aromatic carbocycles. The second-order valence-corrected chi connectivity index (χ2v) is 5.46. The lowest BCUT2D eigenvalue weighted by atomic mass is 10.4. The van der Waals surface area contributed by atoms with Gasteiger partial charge >= 0.3 is 6.01 Å². The molecule has 1 aromatic heterocycles. The highest BCUT2D eigenvalue weighted by atomic mass is 35.5. The molecule has 0 saturated heterocycles. The van der Waals surface area contributed by atoms with Gasteiger partial charge in [-0.2, -0.15) is 15.0 Å².